The lowest BCUT2D eigenvalue weighted by Gasteiger charge is -2.12. The van der Waals surface area contributed by atoms with Crippen LogP contribution in [-0.4, -0.2) is 25.5 Å². The number of anilines is 1. The van der Waals surface area contributed by atoms with Crippen molar-refractivity contribution in [1.82, 2.24) is 5.32 Å². The Balaban J connectivity index is 2.65. The van der Waals surface area contributed by atoms with Gasteiger partial charge >= 0.3 is 11.8 Å². The minimum Gasteiger partial charge on any atom is -0.495 e. The van der Waals surface area contributed by atoms with Crippen molar-refractivity contribution in [1.29, 1.82) is 0 Å². The largest absolute Gasteiger partial charge is 0.495 e. The van der Waals surface area contributed by atoms with Crippen LogP contribution in [0.1, 0.15) is 31.7 Å². The van der Waals surface area contributed by atoms with E-state index in [1.165, 1.54) is 7.11 Å². The zero-order valence-corrected chi connectivity index (χ0v) is 13.3. The summed E-state index contributed by atoms with van der Waals surface area (Å²) >= 11 is 5.99. The van der Waals surface area contributed by atoms with Gasteiger partial charge in [-0.05, 0) is 25.0 Å². The molecule has 1 aromatic rings. The van der Waals surface area contributed by atoms with Crippen molar-refractivity contribution < 1.29 is 14.3 Å². The van der Waals surface area contributed by atoms with Gasteiger partial charge in [-0.2, -0.15) is 0 Å². The molecule has 0 unspecified atom stereocenters. The van der Waals surface area contributed by atoms with E-state index in [-0.39, 0.29) is 0 Å². The molecular weight excluding hydrogens is 292 g/mol. The molecule has 0 radical (unpaired) electrons. The fourth-order valence-corrected chi connectivity index (χ4v) is 1.92. The van der Waals surface area contributed by atoms with Gasteiger partial charge in [-0.1, -0.05) is 31.4 Å². The predicted molar refractivity (Wildman–Crippen MR) is 83.9 cm³/mol. The first kappa shape index (κ1) is 17.3. The molecule has 0 aromatic heterocycles. The normalized spacial score (nSPS) is 10.1. The van der Waals surface area contributed by atoms with Crippen molar-refractivity contribution in [2.75, 3.05) is 19.0 Å². The molecule has 5 nitrogen and oxygen atoms in total. The summed E-state index contributed by atoms with van der Waals surface area (Å²) in [6.07, 6.45) is 2.94. The highest BCUT2D eigenvalue weighted by Crippen LogP contribution is 2.30. The monoisotopic (exact) mass is 312 g/mol. The third-order valence-electron chi connectivity index (χ3n) is 3.00. The topological polar surface area (TPSA) is 67.4 Å². The van der Waals surface area contributed by atoms with Crippen LogP contribution in [0.25, 0.3) is 0 Å². The number of unbranched alkanes of at least 4 members (excludes halogenated alkanes) is 2. The molecule has 0 spiro atoms. The quantitative estimate of drug-likeness (QED) is 0.627. The highest BCUT2D eigenvalue weighted by atomic mass is 35.5. The average Bonchev–Trinajstić information content (AvgIpc) is 2.46. The minimum atomic E-state index is -0.716. The average molecular weight is 313 g/mol. The maximum absolute atomic E-state index is 11.8. The number of aryl methyl sites for hydroxylation is 1. The number of amides is 2. The first-order chi connectivity index (χ1) is 9.99. The third-order valence-corrected chi connectivity index (χ3v) is 3.41. The van der Waals surface area contributed by atoms with Gasteiger partial charge in [0, 0.05) is 17.6 Å². The van der Waals surface area contributed by atoms with Crippen LogP contribution in [0, 0.1) is 6.92 Å². The van der Waals surface area contributed by atoms with Crippen molar-refractivity contribution in [2.45, 2.75) is 33.1 Å². The number of rotatable bonds is 6. The van der Waals surface area contributed by atoms with E-state index >= 15 is 0 Å². The summed E-state index contributed by atoms with van der Waals surface area (Å²) in [5.41, 5.74) is 1.21. The molecule has 0 saturated carbocycles. The Hall–Kier alpha value is -1.75. The van der Waals surface area contributed by atoms with Crippen LogP contribution >= 0.6 is 11.6 Å². The van der Waals surface area contributed by atoms with Gasteiger partial charge in [0.25, 0.3) is 0 Å². The SMILES string of the molecule is CCCCCNC(=O)C(=O)Nc1cc(C)c(Cl)cc1OC. The van der Waals surface area contributed by atoms with Crippen LogP contribution in [0.5, 0.6) is 5.75 Å². The summed E-state index contributed by atoms with van der Waals surface area (Å²) in [4.78, 5) is 23.5. The molecule has 21 heavy (non-hydrogen) atoms. The Labute approximate surface area is 130 Å². The van der Waals surface area contributed by atoms with Crippen molar-refractivity contribution in [3.8, 4) is 5.75 Å². The maximum atomic E-state index is 11.8. The molecule has 0 heterocycles. The van der Waals surface area contributed by atoms with Crippen molar-refractivity contribution in [2.24, 2.45) is 0 Å². The van der Waals surface area contributed by atoms with E-state index in [1.807, 2.05) is 6.92 Å². The van der Waals surface area contributed by atoms with E-state index in [9.17, 15) is 9.59 Å². The Morgan fingerprint density at radius 3 is 2.57 bits per heavy atom. The first-order valence-corrected chi connectivity index (χ1v) is 7.30. The molecule has 0 aliphatic heterocycles. The van der Waals surface area contributed by atoms with Gasteiger partial charge in [0.1, 0.15) is 5.75 Å². The second kappa shape index (κ2) is 8.52. The Bertz CT molecular complexity index is 518. The summed E-state index contributed by atoms with van der Waals surface area (Å²) in [6, 6.07) is 3.27. The van der Waals surface area contributed by atoms with E-state index in [0.29, 0.717) is 23.0 Å². The minimum absolute atomic E-state index is 0.415. The summed E-state index contributed by atoms with van der Waals surface area (Å²) < 4.78 is 5.14. The molecule has 1 rings (SSSR count). The summed E-state index contributed by atoms with van der Waals surface area (Å²) in [5, 5.41) is 5.65. The summed E-state index contributed by atoms with van der Waals surface area (Å²) in [5.74, 6) is -0.954. The van der Waals surface area contributed by atoms with Gasteiger partial charge in [-0.3, -0.25) is 9.59 Å². The fourth-order valence-electron chi connectivity index (χ4n) is 1.77. The van der Waals surface area contributed by atoms with Crippen LogP contribution in [-0.2, 0) is 9.59 Å². The second-order valence-corrected chi connectivity index (χ2v) is 5.13. The van der Waals surface area contributed by atoms with Gasteiger partial charge in [0.05, 0.1) is 12.8 Å². The van der Waals surface area contributed by atoms with Crippen molar-refractivity contribution >= 4 is 29.1 Å². The molecule has 0 atom stereocenters. The number of ether oxygens (including phenoxy) is 1. The van der Waals surface area contributed by atoms with Crippen LogP contribution in [0.3, 0.4) is 0 Å². The van der Waals surface area contributed by atoms with Crippen LogP contribution in [0.15, 0.2) is 12.1 Å². The Kier molecular flexibility index (Phi) is 7.02. The van der Waals surface area contributed by atoms with Gasteiger partial charge in [0.2, 0.25) is 0 Å². The highest BCUT2D eigenvalue weighted by molar-refractivity contribution is 6.40. The number of hydrogen-bond donors (Lipinski definition) is 2. The van der Waals surface area contributed by atoms with Gasteiger partial charge in [-0.15, -0.1) is 0 Å². The number of halogens is 1. The third kappa shape index (κ3) is 5.27. The van der Waals surface area contributed by atoms with Gasteiger partial charge in [-0.25, -0.2) is 0 Å². The zero-order chi connectivity index (χ0) is 15.8. The molecule has 2 amide bonds. The van der Waals surface area contributed by atoms with E-state index in [4.69, 9.17) is 16.3 Å². The first-order valence-electron chi connectivity index (χ1n) is 6.92. The summed E-state index contributed by atoms with van der Waals surface area (Å²) in [6.45, 7) is 4.38. The van der Waals surface area contributed by atoms with Crippen molar-refractivity contribution in [3.63, 3.8) is 0 Å². The number of hydrogen-bond acceptors (Lipinski definition) is 3. The van der Waals surface area contributed by atoms with Crippen LogP contribution < -0.4 is 15.4 Å². The van der Waals surface area contributed by atoms with Gasteiger partial charge < -0.3 is 15.4 Å². The summed E-state index contributed by atoms with van der Waals surface area (Å²) in [7, 11) is 1.47. The number of carbonyl (C=O) groups excluding carboxylic acids is 2. The fraction of sp³-hybridized carbons (Fsp3) is 0.467. The number of methoxy groups -OCH3 is 1. The lowest BCUT2D eigenvalue weighted by molar-refractivity contribution is -0.136. The molecule has 0 aliphatic rings. The lowest BCUT2D eigenvalue weighted by atomic mass is 10.2. The molecule has 2 N–H and O–H groups in total. The number of nitrogens with one attached hydrogen (secondary N) is 2. The molecule has 1 aromatic carbocycles. The number of benzene rings is 1. The Morgan fingerprint density at radius 1 is 1.24 bits per heavy atom. The molecule has 116 valence electrons. The van der Waals surface area contributed by atoms with Crippen LogP contribution in [0.4, 0.5) is 5.69 Å². The molecule has 0 aliphatic carbocycles. The van der Waals surface area contributed by atoms with Gasteiger partial charge in [0.15, 0.2) is 0 Å². The van der Waals surface area contributed by atoms with Crippen molar-refractivity contribution in [3.05, 3.63) is 22.7 Å². The maximum Gasteiger partial charge on any atom is 0.313 e. The zero-order valence-electron chi connectivity index (χ0n) is 12.6. The molecular formula is C15H21ClN2O3. The Morgan fingerprint density at radius 2 is 1.95 bits per heavy atom. The highest BCUT2D eigenvalue weighted by Gasteiger charge is 2.16. The smallest absolute Gasteiger partial charge is 0.313 e. The van der Waals surface area contributed by atoms with E-state index in [2.05, 4.69) is 17.6 Å². The van der Waals surface area contributed by atoms with E-state index in [0.717, 1.165) is 24.8 Å². The predicted octanol–water partition coefficient (Wildman–Crippen LogP) is 2.90. The second-order valence-electron chi connectivity index (χ2n) is 4.72. The lowest BCUT2D eigenvalue weighted by Crippen LogP contribution is -2.36. The molecule has 0 bridgehead atoms. The molecule has 0 saturated heterocycles. The molecule has 6 heteroatoms. The molecule has 0 fully saturated rings. The van der Waals surface area contributed by atoms with E-state index < -0.39 is 11.8 Å². The number of carbonyl (C=O) groups is 2. The van der Waals surface area contributed by atoms with Crippen LogP contribution in [0.2, 0.25) is 5.02 Å². The standard InChI is InChI=1S/C15H21ClN2O3/c1-4-5-6-7-17-14(19)15(20)18-12-8-10(2)11(16)9-13(12)21-3/h8-9H,4-7H2,1-3H3,(H,17,19)(H,18,20). The van der Waals surface area contributed by atoms with E-state index in [1.54, 1.807) is 12.1 Å².